The van der Waals surface area contributed by atoms with Crippen LogP contribution in [0.5, 0.6) is 5.75 Å². The molecule has 0 saturated heterocycles. The molecule has 0 atom stereocenters. The summed E-state index contributed by atoms with van der Waals surface area (Å²) in [7, 11) is 0. The molecular weight excluding hydrogens is 174 g/mol. The van der Waals surface area contributed by atoms with Gasteiger partial charge in [-0.2, -0.15) is 8.78 Å². The molecule has 13 heavy (non-hydrogen) atoms. The predicted octanol–water partition coefficient (Wildman–Crippen LogP) is 3.24. The highest BCUT2D eigenvalue weighted by atomic mass is 19.3. The molecule has 1 nitrogen and oxygen atoms in total. The van der Waals surface area contributed by atoms with Crippen molar-refractivity contribution >= 4 is 6.08 Å². The van der Waals surface area contributed by atoms with Gasteiger partial charge in [0.2, 0.25) is 0 Å². The summed E-state index contributed by atoms with van der Waals surface area (Å²) in [4.78, 5) is 0. The lowest BCUT2D eigenvalue weighted by Crippen LogP contribution is -2.04. The first-order chi connectivity index (χ1) is 6.15. The van der Waals surface area contributed by atoms with Gasteiger partial charge in [0.05, 0.1) is 0 Å². The van der Waals surface area contributed by atoms with Crippen LogP contribution in [0.4, 0.5) is 8.78 Å². The van der Waals surface area contributed by atoms with Crippen molar-refractivity contribution in [3.8, 4) is 5.75 Å². The summed E-state index contributed by atoms with van der Waals surface area (Å²) in [5, 5.41) is 0. The molecule has 0 aromatic heterocycles. The number of hydrogen-bond acceptors (Lipinski definition) is 1. The molecular formula is C10H10F2O. The van der Waals surface area contributed by atoms with E-state index in [-0.39, 0.29) is 5.75 Å². The van der Waals surface area contributed by atoms with E-state index in [1.807, 2.05) is 0 Å². The lowest BCUT2D eigenvalue weighted by molar-refractivity contribution is -0.0504. The van der Waals surface area contributed by atoms with Crippen molar-refractivity contribution in [1.82, 2.24) is 0 Å². The number of aryl methyl sites for hydroxylation is 1. The molecule has 0 unspecified atom stereocenters. The zero-order chi connectivity index (χ0) is 9.84. The Hall–Kier alpha value is -1.38. The van der Waals surface area contributed by atoms with E-state index in [1.54, 1.807) is 25.1 Å². The highest BCUT2D eigenvalue weighted by molar-refractivity contribution is 5.58. The Morgan fingerprint density at radius 2 is 2.15 bits per heavy atom. The highest BCUT2D eigenvalue weighted by Crippen LogP contribution is 2.25. The maximum absolute atomic E-state index is 12.0. The molecule has 3 heteroatoms. The lowest BCUT2D eigenvalue weighted by atomic mass is 10.1. The molecule has 0 aliphatic heterocycles. The standard InChI is InChI=1S/C10H10F2O/c1-3-8-6-4-5-7(2)9(8)13-10(11)12/h3-6,10H,1H2,2H3. The van der Waals surface area contributed by atoms with Crippen molar-refractivity contribution in [3.63, 3.8) is 0 Å². The number of halogens is 2. The van der Waals surface area contributed by atoms with E-state index in [0.29, 0.717) is 11.1 Å². The first-order valence-corrected chi connectivity index (χ1v) is 3.82. The van der Waals surface area contributed by atoms with Crippen LogP contribution in [-0.2, 0) is 0 Å². The third-order valence-electron chi connectivity index (χ3n) is 1.67. The number of rotatable bonds is 3. The fourth-order valence-electron chi connectivity index (χ4n) is 1.09. The molecule has 1 aromatic rings. The number of hydrogen-bond donors (Lipinski definition) is 0. The van der Waals surface area contributed by atoms with Crippen LogP contribution in [0.1, 0.15) is 11.1 Å². The van der Waals surface area contributed by atoms with Crippen LogP contribution in [0.25, 0.3) is 6.08 Å². The smallest absolute Gasteiger partial charge is 0.387 e. The highest BCUT2D eigenvalue weighted by Gasteiger charge is 2.09. The van der Waals surface area contributed by atoms with Crippen LogP contribution in [-0.4, -0.2) is 6.61 Å². The van der Waals surface area contributed by atoms with Gasteiger partial charge in [-0.15, -0.1) is 0 Å². The maximum atomic E-state index is 12.0. The van der Waals surface area contributed by atoms with Crippen LogP contribution in [0.15, 0.2) is 24.8 Å². The molecule has 0 N–H and O–H groups in total. The Kier molecular flexibility index (Phi) is 3.01. The molecule has 1 aromatic carbocycles. The molecule has 1 rings (SSSR count). The van der Waals surface area contributed by atoms with E-state index in [4.69, 9.17) is 0 Å². The first kappa shape index (κ1) is 9.71. The van der Waals surface area contributed by atoms with Crippen LogP contribution >= 0.6 is 0 Å². The zero-order valence-electron chi connectivity index (χ0n) is 7.26. The number of para-hydroxylation sites is 1. The van der Waals surface area contributed by atoms with Crippen molar-refractivity contribution in [3.05, 3.63) is 35.9 Å². The summed E-state index contributed by atoms with van der Waals surface area (Å²) >= 11 is 0. The third-order valence-corrected chi connectivity index (χ3v) is 1.67. The second kappa shape index (κ2) is 4.03. The zero-order valence-corrected chi connectivity index (χ0v) is 7.26. The van der Waals surface area contributed by atoms with Crippen molar-refractivity contribution in [2.24, 2.45) is 0 Å². The minimum atomic E-state index is -2.79. The van der Waals surface area contributed by atoms with E-state index in [9.17, 15) is 8.78 Å². The monoisotopic (exact) mass is 184 g/mol. The third kappa shape index (κ3) is 2.28. The van der Waals surface area contributed by atoms with Gasteiger partial charge in [-0.1, -0.05) is 30.9 Å². The van der Waals surface area contributed by atoms with Crippen LogP contribution in [0.2, 0.25) is 0 Å². The van der Waals surface area contributed by atoms with Crippen molar-refractivity contribution in [2.45, 2.75) is 13.5 Å². The van der Waals surface area contributed by atoms with Crippen molar-refractivity contribution in [2.75, 3.05) is 0 Å². The Bertz CT molecular complexity index is 308. The average molecular weight is 184 g/mol. The Balaban J connectivity index is 3.07. The van der Waals surface area contributed by atoms with Gasteiger partial charge < -0.3 is 4.74 Å². The predicted molar refractivity (Wildman–Crippen MR) is 47.9 cm³/mol. The summed E-state index contributed by atoms with van der Waals surface area (Å²) in [6.45, 7) is 2.44. The van der Waals surface area contributed by atoms with Gasteiger partial charge in [0.15, 0.2) is 0 Å². The Morgan fingerprint density at radius 1 is 1.46 bits per heavy atom. The van der Waals surface area contributed by atoms with Gasteiger partial charge >= 0.3 is 6.61 Å². The average Bonchev–Trinajstić information content (AvgIpc) is 2.08. The fraction of sp³-hybridized carbons (Fsp3) is 0.200. The van der Waals surface area contributed by atoms with Crippen LogP contribution in [0, 0.1) is 6.92 Å². The van der Waals surface area contributed by atoms with Gasteiger partial charge in [-0.05, 0) is 12.5 Å². The summed E-state index contributed by atoms with van der Waals surface area (Å²) < 4.78 is 28.3. The normalized spacial score (nSPS) is 10.2. The molecule has 0 radical (unpaired) electrons. The molecule has 0 bridgehead atoms. The van der Waals surface area contributed by atoms with Gasteiger partial charge in [0.1, 0.15) is 5.75 Å². The number of benzene rings is 1. The maximum Gasteiger partial charge on any atom is 0.387 e. The van der Waals surface area contributed by atoms with E-state index in [0.717, 1.165) is 0 Å². The van der Waals surface area contributed by atoms with Crippen LogP contribution in [0.3, 0.4) is 0 Å². The van der Waals surface area contributed by atoms with Gasteiger partial charge in [-0.25, -0.2) is 0 Å². The second-order valence-electron chi connectivity index (χ2n) is 2.58. The summed E-state index contributed by atoms with van der Waals surface area (Å²) in [6, 6.07) is 5.16. The van der Waals surface area contributed by atoms with Gasteiger partial charge in [-0.3, -0.25) is 0 Å². The molecule has 0 aliphatic carbocycles. The second-order valence-corrected chi connectivity index (χ2v) is 2.58. The fourth-order valence-corrected chi connectivity index (χ4v) is 1.09. The van der Waals surface area contributed by atoms with Crippen LogP contribution < -0.4 is 4.74 Å². The number of ether oxygens (including phenoxy) is 1. The SMILES string of the molecule is C=Cc1cccc(C)c1OC(F)F. The minimum Gasteiger partial charge on any atom is -0.434 e. The molecule has 0 saturated carbocycles. The quantitative estimate of drug-likeness (QED) is 0.700. The molecule has 0 spiro atoms. The summed E-state index contributed by atoms with van der Waals surface area (Å²) in [5.41, 5.74) is 1.26. The number of alkyl halides is 2. The first-order valence-electron chi connectivity index (χ1n) is 3.82. The lowest BCUT2D eigenvalue weighted by Gasteiger charge is -2.10. The Morgan fingerprint density at radius 3 is 2.69 bits per heavy atom. The van der Waals surface area contributed by atoms with E-state index in [1.165, 1.54) is 6.08 Å². The topological polar surface area (TPSA) is 9.23 Å². The molecule has 0 aliphatic rings. The van der Waals surface area contributed by atoms with Gasteiger partial charge in [0, 0.05) is 5.56 Å². The van der Waals surface area contributed by atoms with Crippen molar-refractivity contribution < 1.29 is 13.5 Å². The molecule has 70 valence electrons. The largest absolute Gasteiger partial charge is 0.434 e. The summed E-state index contributed by atoms with van der Waals surface area (Å²) in [5.74, 6) is 0.201. The Labute approximate surface area is 75.6 Å². The summed E-state index contributed by atoms with van der Waals surface area (Å²) in [6.07, 6.45) is 1.49. The van der Waals surface area contributed by atoms with E-state index >= 15 is 0 Å². The molecule has 0 amide bonds. The van der Waals surface area contributed by atoms with Gasteiger partial charge in [0.25, 0.3) is 0 Å². The molecule has 0 fully saturated rings. The van der Waals surface area contributed by atoms with Crippen molar-refractivity contribution in [1.29, 1.82) is 0 Å². The minimum absolute atomic E-state index is 0.201. The van der Waals surface area contributed by atoms with E-state index in [2.05, 4.69) is 11.3 Å². The van der Waals surface area contributed by atoms with E-state index < -0.39 is 6.61 Å². The molecule has 0 heterocycles.